The van der Waals surface area contributed by atoms with E-state index < -0.39 is 5.97 Å². The quantitative estimate of drug-likeness (QED) is 0.844. The second-order valence-electron chi connectivity index (χ2n) is 5.01. The fourth-order valence-corrected chi connectivity index (χ4v) is 2.87. The summed E-state index contributed by atoms with van der Waals surface area (Å²) >= 11 is 0. The third-order valence-electron chi connectivity index (χ3n) is 3.99. The number of hydrogen-bond acceptors (Lipinski definition) is 5. The molecule has 1 saturated heterocycles. The van der Waals surface area contributed by atoms with Crippen LogP contribution < -0.4 is 10.6 Å². The molecule has 1 aliphatic heterocycles. The van der Waals surface area contributed by atoms with Gasteiger partial charge in [-0.05, 0) is 25.6 Å². The summed E-state index contributed by atoms with van der Waals surface area (Å²) in [4.78, 5) is 19.9. The Bertz CT molecular complexity index is 488. The molecule has 1 aromatic rings. The Hall–Kier alpha value is -1.82. The van der Waals surface area contributed by atoms with Crippen molar-refractivity contribution in [3.8, 4) is 0 Å². The molecule has 2 heterocycles. The predicted molar refractivity (Wildman–Crippen MR) is 79.1 cm³/mol. The van der Waals surface area contributed by atoms with Gasteiger partial charge in [0.2, 0.25) is 0 Å². The van der Waals surface area contributed by atoms with E-state index in [1.54, 1.807) is 0 Å². The molecule has 20 heavy (non-hydrogen) atoms. The Morgan fingerprint density at radius 3 is 2.85 bits per heavy atom. The van der Waals surface area contributed by atoms with Crippen LogP contribution in [0.4, 0.5) is 11.5 Å². The second kappa shape index (κ2) is 6.09. The summed E-state index contributed by atoms with van der Waals surface area (Å²) in [6.07, 6.45) is 2.57. The van der Waals surface area contributed by atoms with Crippen LogP contribution in [0.5, 0.6) is 0 Å². The smallest absolute Gasteiger partial charge is 0.337 e. The zero-order valence-electron chi connectivity index (χ0n) is 12.0. The second-order valence-corrected chi connectivity index (χ2v) is 5.01. The number of aromatic nitrogens is 1. The van der Waals surface area contributed by atoms with Gasteiger partial charge in [-0.15, -0.1) is 0 Å². The molecule has 0 saturated carbocycles. The zero-order chi connectivity index (χ0) is 14.7. The van der Waals surface area contributed by atoms with Crippen molar-refractivity contribution in [2.24, 2.45) is 0 Å². The van der Waals surface area contributed by atoms with Gasteiger partial charge in [-0.3, -0.25) is 4.90 Å². The van der Waals surface area contributed by atoms with Crippen molar-refractivity contribution in [1.29, 1.82) is 0 Å². The van der Waals surface area contributed by atoms with Crippen LogP contribution in [0, 0.1) is 0 Å². The van der Waals surface area contributed by atoms with Crippen molar-refractivity contribution >= 4 is 17.5 Å². The number of pyridine rings is 1. The van der Waals surface area contributed by atoms with E-state index in [4.69, 9.17) is 10.8 Å². The van der Waals surface area contributed by atoms with E-state index in [1.807, 2.05) is 0 Å². The Morgan fingerprint density at radius 1 is 1.55 bits per heavy atom. The molecule has 1 aliphatic rings. The Balaban J connectivity index is 2.18. The molecule has 0 aliphatic carbocycles. The summed E-state index contributed by atoms with van der Waals surface area (Å²) in [7, 11) is 0. The minimum Gasteiger partial charge on any atom is -0.478 e. The number of rotatable bonds is 5. The molecule has 110 valence electrons. The van der Waals surface area contributed by atoms with E-state index >= 15 is 0 Å². The highest BCUT2D eigenvalue weighted by atomic mass is 16.4. The van der Waals surface area contributed by atoms with Crippen molar-refractivity contribution in [3.63, 3.8) is 0 Å². The molecule has 0 aromatic carbocycles. The zero-order valence-corrected chi connectivity index (χ0v) is 12.0. The lowest BCUT2D eigenvalue weighted by atomic mass is 10.2. The molecule has 0 spiro atoms. The molecule has 1 atom stereocenters. The number of carbonyl (C=O) groups is 1. The minimum atomic E-state index is -1.01. The van der Waals surface area contributed by atoms with Crippen molar-refractivity contribution in [2.75, 3.05) is 36.8 Å². The molecule has 6 nitrogen and oxygen atoms in total. The molecule has 6 heteroatoms. The molecule has 0 radical (unpaired) electrons. The molecule has 3 N–H and O–H groups in total. The van der Waals surface area contributed by atoms with Crippen LogP contribution in [-0.2, 0) is 0 Å². The predicted octanol–water partition coefficient (Wildman–Crippen LogP) is 1.28. The van der Waals surface area contributed by atoms with E-state index in [1.165, 1.54) is 12.3 Å². The van der Waals surface area contributed by atoms with Crippen molar-refractivity contribution in [2.45, 2.75) is 26.3 Å². The van der Waals surface area contributed by atoms with Crippen molar-refractivity contribution in [3.05, 3.63) is 17.8 Å². The fourth-order valence-electron chi connectivity index (χ4n) is 2.87. The SMILES string of the molecule is CCN(CC)C1CCN(c2nccc(C(=O)O)c2N)C1. The van der Waals surface area contributed by atoms with Gasteiger partial charge in [0.05, 0.1) is 11.3 Å². The molecule has 2 rings (SSSR count). The summed E-state index contributed by atoms with van der Waals surface area (Å²) in [6.45, 7) is 8.07. The standard InChI is InChI=1S/C14H22N4O2/c1-3-17(4-2)10-6-8-18(9-10)13-12(15)11(14(19)20)5-7-16-13/h5,7,10H,3-4,6,8-9,15H2,1-2H3,(H,19,20). The highest BCUT2D eigenvalue weighted by molar-refractivity contribution is 5.96. The average molecular weight is 278 g/mol. The van der Waals surface area contributed by atoms with Gasteiger partial charge >= 0.3 is 5.97 Å². The van der Waals surface area contributed by atoms with E-state index in [9.17, 15) is 4.79 Å². The van der Waals surface area contributed by atoms with Crippen LogP contribution in [0.25, 0.3) is 0 Å². The van der Waals surface area contributed by atoms with Crippen molar-refractivity contribution in [1.82, 2.24) is 9.88 Å². The molecule has 1 unspecified atom stereocenters. The van der Waals surface area contributed by atoms with Gasteiger partial charge in [0.1, 0.15) is 0 Å². The summed E-state index contributed by atoms with van der Waals surface area (Å²) < 4.78 is 0. The maximum atomic E-state index is 11.1. The molecule has 0 bridgehead atoms. The maximum Gasteiger partial charge on any atom is 0.337 e. The van der Waals surface area contributed by atoms with Crippen LogP contribution in [0.1, 0.15) is 30.6 Å². The van der Waals surface area contributed by atoms with E-state index in [0.717, 1.165) is 32.6 Å². The number of aromatic carboxylic acids is 1. The normalized spacial score (nSPS) is 18.8. The Morgan fingerprint density at radius 2 is 2.25 bits per heavy atom. The molecular formula is C14H22N4O2. The van der Waals surface area contributed by atoms with Gasteiger partial charge in [0.25, 0.3) is 0 Å². The highest BCUT2D eigenvalue weighted by Gasteiger charge is 2.28. The third kappa shape index (κ3) is 2.70. The number of carboxylic acid groups (broad SMARTS) is 1. The lowest BCUT2D eigenvalue weighted by molar-refractivity contribution is 0.0698. The third-order valence-corrected chi connectivity index (χ3v) is 3.99. The first-order valence-electron chi connectivity index (χ1n) is 7.05. The van der Waals surface area contributed by atoms with E-state index in [0.29, 0.717) is 11.9 Å². The first-order chi connectivity index (χ1) is 9.58. The largest absolute Gasteiger partial charge is 0.478 e. The van der Waals surface area contributed by atoms with E-state index in [2.05, 4.69) is 28.6 Å². The van der Waals surface area contributed by atoms with Gasteiger partial charge < -0.3 is 15.7 Å². The number of nitrogens with zero attached hydrogens (tertiary/aromatic N) is 3. The molecular weight excluding hydrogens is 256 g/mol. The van der Waals surface area contributed by atoms with Gasteiger partial charge in [-0.1, -0.05) is 13.8 Å². The summed E-state index contributed by atoms with van der Waals surface area (Å²) in [6, 6.07) is 1.93. The van der Waals surface area contributed by atoms with Crippen LogP contribution in [-0.4, -0.2) is 53.2 Å². The molecule has 1 fully saturated rings. The lowest BCUT2D eigenvalue weighted by Gasteiger charge is -2.26. The van der Waals surface area contributed by atoms with Gasteiger partial charge in [-0.25, -0.2) is 9.78 Å². The number of anilines is 2. The molecule has 1 aromatic heterocycles. The van der Waals surface area contributed by atoms with Crippen LogP contribution >= 0.6 is 0 Å². The van der Waals surface area contributed by atoms with Gasteiger partial charge in [0, 0.05) is 25.3 Å². The highest BCUT2D eigenvalue weighted by Crippen LogP contribution is 2.28. The number of hydrogen-bond donors (Lipinski definition) is 2. The van der Waals surface area contributed by atoms with Crippen LogP contribution in [0.3, 0.4) is 0 Å². The van der Waals surface area contributed by atoms with Crippen molar-refractivity contribution < 1.29 is 9.90 Å². The first kappa shape index (κ1) is 14.6. The maximum absolute atomic E-state index is 11.1. The monoisotopic (exact) mass is 278 g/mol. The Kier molecular flexibility index (Phi) is 4.44. The average Bonchev–Trinajstić information content (AvgIpc) is 2.89. The summed E-state index contributed by atoms with van der Waals surface area (Å²) in [5.41, 5.74) is 6.34. The summed E-state index contributed by atoms with van der Waals surface area (Å²) in [5.74, 6) is -0.412. The van der Waals surface area contributed by atoms with Crippen LogP contribution in [0.15, 0.2) is 12.3 Å². The van der Waals surface area contributed by atoms with Crippen LogP contribution in [0.2, 0.25) is 0 Å². The number of carboxylic acids is 1. The summed E-state index contributed by atoms with van der Waals surface area (Å²) in [5, 5.41) is 9.11. The van der Waals surface area contributed by atoms with Gasteiger partial charge in [0.15, 0.2) is 5.82 Å². The minimum absolute atomic E-state index is 0.126. The van der Waals surface area contributed by atoms with Gasteiger partial charge in [-0.2, -0.15) is 0 Å². The topological polar surface area (TPSA) is 82.7 Å². The number of likely N-dealkylation sites (N-methyl/N-ethyl adjacent to an activating group) is 1. The Labute approximate surface area is 119 Å². The number of nitrogen functional groups attached to an aromatic ring is 1. The fraction of sp³-hybridized carbons (Fsp3) is 0.571. The number of nitrogens with two attached hydrogens (primary N) is 1. The first-order valence-corrected chi connectivity index (χ1v) is 7.05. The lowest BCUT2D eigenvalue weighted by Crippen LogP contribution is -2.37. The molecule has 0 amide bonds. The van der Waals surface area contributed by atoms with E-state index in [-0.39, 0.29) is 11.3 Å².